The lowest BCUT2D eigenvalue weighted by molar-refractivity contribution is 0.585. The molecule has 0 atom stereocenters. The summed E-state index contributed by atoms with van der Waals surface area (Å²) in [5.41, 5.74) is 3.03. The van der Waals surface area contributed by atoms with Crippen LogP contribution in [0, 0.1) is 0 Å². The van der Waals surface area contributed by atoms with Gasteiger partial charge in [0.1, 0.15) is 5.03 Å². The Morgan fingerprint density at radius 2 is 1.50 bits per heavy atom. The highest BCUT2D eigenvalue weighted by molar-refractivity contribution is 7.91. The predicted molar refractivity (Wildman–Crippen MR) is 107 cm³/mol. The number of sulfone groups is 1. The van der Waals surface area contributed by atoms with Gasteiger partial charge >= 0.3 is 0 Å². The average molecular weight is 366 g/mol. The van der Waals surface area contributed by atoms with Crippen LogP contribution in [0.5, 0.6) is 0 Å². The minimum atomic E-state index is -3.52. The first-order chi connectivity index (χ1) is 12.4. The van der Waals surface area contributed by atoms with Crippen LogP contribution < -0.4 is 4.90 Å². The van der Waals surface area contributed by atoms with Crippen LogP contribution in [0.3, 0.4) is 0 Å². The standard InChI is InChI=1S/C21H22N2O2S/c1-22(2)18-12-9-17(10-13-18)11-14-19-15-16-21(23(19)3)26(24,25)20-7-5-4-6-8-20/h4-16H,1-3H3/b14-11+. The topological polar surface area (TPSA) is 42.3 Å². The molecule has 0 amide bonds. The minimum absolute atomic E-state index is 0.284. The van der Waals surface area contributed by atoms with E-state index in [1.165, 1.54) is 0 Å². The zero-order valence-corrected chi connectivity index (χ0v) is 15.9. The number of rotatable bonds is 5. The molecule has 0 aliphatic heterocycles. The fourth-order valence-electron chi connectivity index (χ4n) is 2.73. The molecule has 0 radical (unpaired) electrons. The zero-order chi connectivity index (χ0) is 18.7. The SMILES string of the molecule is CN(C)c1ccc(/C=C/c2ccc(S(=O)(=O)c3ccccc3)n2C)cc1. The number of benzene rings is 2. The van der Waals surface area contributed by atoms with Crippen molar-refractivity contribution in [3.8, 4) is 0 Å². The molecule has 5 heteroatoms. The maximum absolute atomic E-state index is 12.8. The van der Waals surface area contributed by atoms with Crippen LogP contribution in [0.1, 0.15) is 11.3 Å². The van der Waals surface area contributed by atoms with E-state index in [2.05, 4.69) is 12.1 Å². The van der Waals surface area contributed by atoms with Crippen LogP contribution in [-0.4, -0.2) is 27.1 Å². The molecule has 1 heterocycles. The molecule has 3 aromatic rings. The molecular formula is C21H22N2O2S. The van der Waals surface area contributed by atoms with Crippen molar-refractivity contribution in [1.82, 2.24) is 4.57 Å². The van der Waals surface area contributed by atoms with Gasteiger partial charge in [0.05, 0.1) is 4.90 Å². The Balaban J connectivity index is 1.87. The molecule has 3 rings (SSSR count). The lowest BCUT2D eigenvalue weighted by Gasteiger charge is -2.11. The summed E-state index contributed by atoms with van der Waals surface area (Å²) in [6.07, 6.45) is 3.91. The Morgan fingerprint density at radius 3 is 2.12 bits per heavy atom. The van der Waals surface area contributed by atoms with E-state index in [9.17, 15) is 8.42 Å². The maximum atomic E-state index is 12.8. The first kappa shape index (κ1) is 18.0. The summed E-state index contributed by atoms with van der Waals surface area (Å²) in [6.45, 7) is 0. The first-order valence-corrected chi connectivity index (χ1v) is 9.79. The van der Waals surface area contributed by atoms with E-state index in [1.807, 2.05) is 49.3 Å². The van der Waals surface area contributed by atoms with Gasteiger partial charge in [-0.05, 0) is 48.0 Å². The largest absolute Gasteiger partial charge is 0.378 e. The summed E-state index contributed by atoms with van der Waals surface area (Å²) >= 11 is 0. The third kappa shape index (κ3) is 3.58. The quantitative estimate of drug-likeness (QED) is 0.683. The highest BCUT2D eigenvalue weighted by Crippen LogP contribution is 2.23. The highest BCUT2D eigenvalue weighted by Gasteiger charge is 2.21. The molecule has 0 unspecified atom stereocenters. The number of hydrogen-bond acceptors (Lipinski definition) is 3. The second kappa shape index (κ2) is 7.22. The smallest absolute Gasteiger partial charge is 0.222 e. The van der Waals surface area contributed by atoms with Gasteiger partial charge in [-0.3, -0.25) is 0 Å². The van der Waals surface area contributed by atoms with Crippen molar-refractivity contribution in [2.45, 2.75) is 9.92 Å². The average Bonchev–Trinajstić information content (AvgIpc) is 3.02. The van der Waals surface area contributed by atoms with Gasteiger partial charge in [-0.1, -0.05) is 36.4 Å². The third-order valence-electron chi connectivity index (χ3n) is 4.30. The van der Waals surface area contributed by atoms with Gasteiger partial charge in [0.25, 0.3) is 0 Å². The van der Waals surface area contributed by atoms with Crippen LogP contribution >= 0.6 is 0 Å². The molecule has 0 spiro atoms. The number of aromatic nitrogens is 1. The Kier molecular flexibility index (Phi) is 5.00. The van der Waals surface area contributed by atoms with Gasteiger partial charge < -0.3 is 9.47 Å². The van der Waals surface area contributed by atoms with Gasteiger partial charge in [0.2, 0.25) is 9.84 Å². The van der Waals surface area contributed by atoms with Crippen molar-refractivity contribution in [1.29, 1.82) is 0 Å². The molecule has 0 saturated carbocycles. The van der Waals surface area contributed by atoms with Gasteiger partial charge in [0.15, 0.2) is 0 Å². The normalized spacial score (nSPS) is 11.8. The zero-order valence-electron chi connectivity index (χ0n) is 15.1. The summed E-state index contributed by atoms with van der Waals surface area (Å²) in [4.78, 5) is 2.35. The molecule has 0 fully saturated rings. The van der Waals surface area contributed by atoms with Crippen molar-refractivity contribution in [3.05, 3.63) is 78.0 Å². The Bertz CT molecular complexity index is 1020. The molecule has 0 aliphatic rings. The van der Waals surface area contributed by atoms with Gasteiger partial charge in [-0.25, -0.2) is 8.42 Å². The van der Waals surface area contributed by atoms with E-state index in [4.69, 9.17) is 0 Å². The number of nitrogens with zero attached hydrogens (tertiary/aromatic N) is 2. The monoisotopic (exact) mass is 366 g/mol. The van der Waals surface area contributed by atoms with Crippen molar-refractivity contribution < 1.29 is 8.42 Å². The molecular weight excluding hydrogens is 344 g/mol. The lowest BCUT2D eigenvalue weighted by Crippen LogP contribution is -2.08. The molecule has 0 bridgehead atoms. The summed E-state index contributed by atoms with van der Waals surface area (Å²) in [6, 6.07) is 20.1. The van der Waals surface area contributed by atoms with Crippen LogP contribution in [0.15, 0.2) is 76.7 Å². The van der Waals surface area contributed by atoms with E-state index in [-0.39, 0.29) is 5.03 Å². The predicted octanol–water partition coefficient (Wildman–Crippen LogP) is 4.09. The Labute approximate surface area is 154 Å². The van der Waals surface area contributed by atoms with E-state index in [0.717, 1.165) is 16.9 Å². The molecule has 1 aromatic heterocycles. The number of hydrogen-bond donors (Lipinski definition) is 0. The highest BCUT2D eigenvalue weighted by atomic mass is 32.2. The summed E-state index contributed by atoms with van der Waals surface area (Å²) in [5, 5.41) is 0.284. The van der Waals surface area contributed by atoms with Gasteiger partial charge in [0, 0.05) is 32.5 Å². The Morgan fingerprint density at radius 1 is 0.846 bits per heavy atom. The third-order valence-corrected chi connectivity index (χ3v) is 6.15. The van der Waals surface area contributed by atoms with E-state index in [0.29, 0.717) is 4.90 Å². The Hall–Kier alpha value is -2.79. The molecule has 0 N–H and O–H groups in total. The van der Waals surface area contributed by atoms with Crippen LogP contribution in [0.25, 0.3) is 12.2 Å². The van der Waals surface area contributed by atoms with Crippen LogP contribution in [0.2, 0.25) is 0 Å². The van der Waals surface area contributed by atoms with Gasteiger partial charge in [-0.15, -0.1) is 0 Å². The first-order valence-electron chi connectivity index (χ1n) is 8.31. The molecule has 4 nitrogen and oxygen atoms in total. The van der Waals surface area contributed by atoms with Crippen molar-refractivity contribution >= 4 is 27.7 Å². The summed E-state index contributed by atoms with van der Waals surface area (Å²) in [7, 11) is 2.25. The van der Waals surface area contributed by atoms with Crippen molar-refractivity contribution in [2.75, 3.05) is 19.0 Å². The second-order valence-corrected chi connectivity index (χ2v) is 8.19. The number of anilines is 1. The maximum Gasteiger partial charge on any atom is 0.222 e. The van der Waals surface area contributed by atoms with E-state index in [1.54, 1.807) is 48.0 Å². The lowest BCUT2D eigenvalue weighted by atomic mass is 10.2. The fraction of sp³-hybridized carbons (Fsp3) is 0.143. The van der Waals surface area contributed by atoms with E-state index < -0.39 is 9.84 Å². The second-order valence-electron chi connectivity index (χ2n) is 6.29. The minimum Gasteiger partial charge on any atom is -0.378 e. The molecule has 26 heavy (non-hydrogen) atoms. The summed E-state index contributed by atoms with van der Waals surface area (Å²) in [5.74, 6) is 0. The van der Waals surface area contributed by atoms with Gasteiger partial charge in [-0.2, -0.15) is 0 Å². The van der Waals surface area contributed by atoms with Crippen molar-refractivity contribution in [2.24, 2.45) is 7.05 Å². The molecule has 2 aromatic carbocycles. The molecule has 0 saturated heterocycles. The summed E-state index contributed by atoms with van der Waals surface area (Å²) < 4.78 is 27.3. The van der Waals surface area contributed by atoms with Crippen LogP contribution in [-0.2, 0) is 16.9 Å². The van der Waals surface area contributed by atoms with E-state index >= 15 is 0 Å². The molecule has 0 aliphatic carbocycles. The van der Waals surface area contributed by atoms with Crippen LogP contribution in [0.4, 0.5) is 5.69 Å². The molecule has 134 valence electrons. The van der Waals surface area contributed by atoms with Crippen molar-refractivity contribution in [3.63, 3.8) is 0 Å². The fourth-order valence-corrected chi connectivity index (χ4v) is 4.20.